The molecule has 0 aromatic heterocycles. The number of terminal acetylenes is 1. The second kappa shape index (κ2) is 3.65. The minimum absolute atomic E-state index is 0.0955. The fraction of sp³-hybridized carbons (Fsp3) is 0.273. The molecular formula is C11H11Cl. The van der Waals surface area contributed by atoms with Crippen molar-refractivity contribution in [3.05, 3.63) is 34.3 Å². The van der Waals surface area contributed by atoms with E-state index in [4.69, 9.17) is 18.0 Å². The number of halogens is 1. The number of hydrogen-bond acceptors (Lipinski definition) is 0. The summed E-state index contributed by atoms with van der Waals surface area (Å²) in [6.45, 7) is 3.98. The van der Waals surface area contributed by atoms with Crippen molar-refractivity contribution in [2.45, 2.75) is 19.8 Å². The lowest BCUT2D eigenvalue weighted by Gasteiger charge is -2.07. The van der Waals surface area contributed by atoms with E-state index in [2.05, 4.69) is 5.92 Å². The third-order valence-electron chi connectivity index (χ3n) is 1.87. The molecule has 0 nitrogen and oxygen atoms in total. The lowest BCUT2D eigenvalue weighted by atomic mass is 10.0. The molecular weight excluding hydrogens is 168 g/mol. The molecule has 1 aromatic rings. The molecule has 0 N–H and O–H groups in total. The predicted octanol–water partition coefficient (Wildman–Crippen LogP) is 3.39. The van der Waals surface area contributed by atoms with Gasteiger partial charge in [0, 0.05) is 10.9 Å². The van der Waals surface area contributed by atoms with Crippen LogP contribution in [0.1, 0.15) is 24.0 Å². The van der Waals surface area contributed by atoms with Crippen LogP contribution in [0.3, 0.4) is 0 Å². The van der Waals surface area contributed by atoms with Gasteiger partial charge in [0.2, 0.25) is 0 Å². The number of benzene rings is 1. The van der Waals surface area contributed by atoms with Crippen LogP contribution in [-0.2, 0) is 0 Å². The van der Waals surface area contributed by atoms with Crippen molar-refractivity contribution in [3.63, 3.8) is 0 Å². The van der Waals surface area contributed by atoms with Gasteiger partial charge in [0.25, 0.3) is 0 Å². The van der Waals surface area contributed by atoms with Crippen LogP contribution in [-0.4, -0.2) is 0 Å². The zero-order valence-electron chi connectivity index (χ0n) is 7.26. The van der Waals surface area contributed by atoms with Crippen molar-refractivity contribution in [1.29, 1.82) is 0 Å². The van der Waals surface area contributed by atoms with E-state index in [1.54, 1.807) is 0 Å². The topological polar surface area (TPSA) is 0 Å². The van der Waals surface area contributed by atoms with Gasteiger partial charge in [-0.2, -0.15) is 0 Å². The summed E-state index contributed by atoms with van der Waals surface area (Å²) in [5.74, 6) is 2.75. The maximum atomic E-state index is 6.01. The van der Waals surface area contributed by atoms with E-state index in [0.29, 0.717) is 0 Å². The van der Waals surface area contributed by atoms with Crippen LogP contribution in [0.5, 0.6) is 0 Å². The molecule has 1 heteroatoms. The largest absolute Gasteiger partial charge is 0.119 e. The Morgan fingerprint density at radius 1 is 1.50 bits per heavy atom. The standard InChI is InChI=1S/C11H11Cl/c1-4-9(3)10-6-5-8(2)7-11(10)12/h1,5-7,9H,2-3H3. The molecule has 0 bridgehead atoms. The molecule has 0 saturated carbocycles. The summed E-state index contributed by atoms with van der Waals surface area (Å²) in [6.07, 6.45) is 5.30. The lowest BCUT2D eigenvalue weighted by Crippen LogP contribution is -1.90. The van der Waals surface area contributed by atoms with E-state index >= 15 is 0 Å². The third kappa shape index (κ3) is 1.81. The normalized spacial score (nSPS) is 12.2. The average Bonchev–Trinajstić information content (AvgIpc) is 2.03. The molecule has 0 heterocycles. The molecule has 0 aliphatic rings. The molecule has 0 saturated heterocycles. The highest BCUT2D eigenvalue weighted by atomic mass is 35.5. The number of rotatable bonds is 1. The van der Waals surface area contributed by atoms with Gasteiger partial charge in [0.1, 0.15) is 0 Å². The summed E-state index contributed by atoms with van der Waals surface area (Å²) >= 11 is 6.01. The van der Waals surface area contributed by atoms with Crippen LogP contribution in [0.4, 0.5) is 0 Å². The first-order valence-electron chi connectivity index (χ1n) is 3.87. The van der Waals surface area contributed by atoms with Crippen LogP contribution < -0.4 is 0 Å². The Bertz CT molecular complexity index is 320. The van der Waals surface area contributed by atoms with Gasteiger partial charge in [0.05, 0.1) is 0 Å². The van der Waals surface area contributed by atoms with E-state index in [1.165, 1.54) is 0 Å². The third-order valence-corrected chi connectivity index (χ3v) is 2.20. The van der Waals surface area contributed by atoms with Gasteiger partial charge in [-0.1, -0.05) is 29.7 Å². The van der Waals surface area contributed by atoms with Crippen molar-refractivity contribution in [3.8, 4) is 12.3 Å². The molecule has 0 radical (unpaired) electrons. The molecule has 0 aliphatic carbocycles. The molecule has 0 amide bonds. The molecule has 0 spiro atoms. The molecule has 62 valence electrons. The number of hydrogen-bond donors (Lipinski definition) is 0. The Hall–Kier alpha value is -0.930. The molecule has 0 fully saturated rings. The predicted molar refractivity (Wildman–Crippen MR) is 53.4 cm³/mol. The summed E-state index contributed by atoms with van der Waals surface area (Å²) in [5.41, 5.74) is 2.19. The van der Waals surface area contributed by atoms with Gasteiger partial charge in [-0.25, -0.2) is 0 Å². The molecule has 1 aromatic carbocycles. The Kier molecular flexibility index (Phi) is 2.78. The van der Waals surface area contributed by atoms with E-state index in [1.807, 2.05) is 32.0 Å². The van der Waals surface area contributed by atoms with Crippen molar-refractivity contribution < 1.29 is 0 Å². The van der Waals surface area contributed by atoms with Crippen molar-refractivity contribution in [1.82, 2.24) is 0 Å². The van der Waals surface area contributed by atoms with E-state index in [-0.39, 0.29) is 5.92 Å². The summed E-state index contributed by atoms with van der Waals surface area (Å²) in [4.78, 5) is 0. The van der Waals surface area contributed by atoms with Gasteiger partial charge in [-0.05, 0) is 31.0 Å². The van der Waals surface area contributed by atoms with Gasteiger partial charge < -0.3 is 0 Å². The second-order valence-corrected chi connectivity index (χ2v) is 3.32. The molecule has 1 unspecified atom stereocenters. The summed E-state index contributed by atoms with van der Waals surface area (Å²) in [6, 6.07) is 5.95. The van der Waals surface area contributed by atoms with Crippen LogP contribution in [0, 0.1) is 19.3 Å². The summed E-state index contributed by atoms with van der Waals surface area (Å²) in [7, 11) is 0. The second-order valence-electron chi connectivity index (χ2n) is 2.91. The highest BCUT2D eigenvalue weighted by Crippen LogP contribution is 2.24. The first-order chi connectivity index (χ1) is 5.65. The zero-order valence-corrected chi connectivity index (χ0v) is 8.02. The Morgan fingerprint density at radius 3 is 2.67 bits per heavy atom. The molecule has 12 heavy (non-hydrogen) atoms. The highest BCUT2D eigenvalue weighted by molar-refractivity contribution is 6.31. The minimum Gasteiger partial charge on any atom is -0.119 e. The van der Waals surface area contributed by atoms with E-state index < -0.39 is 0 Å². The molecule has 1 atom stereocenters. The monoisotopic (exact) mass is 178 g/mol. The Labute approximate surface area is 78.6 Å². The zero-order chi connectivity index (χ0) is 9.14. The molecule has 0 aliphatic heterocycles. The maximum absolute atomic E-state index is 6.01. The van der Waals surface area contributed by atoms with E-state index in [9.17, 15) is 0 Å². The Balaban J connectivity index is 3.11. The van der Waals surface area contributed by atoms with Gasteiger partial charge >= 0.3 is 0 Å². The fourth-order valence-corrected chi connectivity index (χ4v) is 1.47. The van der Waals surface area contributed by atoms with Crippen LogP contribution in [0.2, 0.25) is 5.02 Å². The smallest absolute Gasteiger partial charge is 0.0453 e. The number of aryl methyl sites for hydroxylation is 1. The van der Waals surface area contributed by atoms with Crippen molar-refractivity contribution in [2.24, 2.45) is 0 Å². The fourth-order valence-electron chi connectivity index (χ4n) is 1.07. The molecule has 1 rings (SSSR count). The lowest BCUT2D eigenvalue weighted by molar-refractivity contribution is 1.00. The Morgan fingerprint density at radius 2 is 2.17 bits per heavy atom. The maximum Gasteiger partial charge on any atom is 0.0453 e. The van der Waals surface area contributed by atoms with Gasteiger partial charge in [-0.3, -0.25) is 0 Å². The quantitative estimate of drug-likeness (QED) is 0.579. The first kappa shape index (κ1) is 9.16. The van der Waals surface area contributed by atoms with Crippen molar-refractivity contribution in [2.75, 3.05) is 0 Å². The summed E-state index contributed by atoms with van der Waals surface area (Å²) < 4.78 is 0. The SMILES string of the molecule is C#CC(C)c1ccc(C)cc1Cl. The van der Waals surface area contributed by atoms with Crippen LogP contribution in [0.25, 0.3) is 0 Å². The minimum atomic E-state index is 0.0955. The van der Waals surface area contributed by atoms with Crippen molar-refractivity contribution >= 4 is 11.6 Å². The average molecular weight is 179 g/mol. The van der Waals surface area contributed by atoms with Gasteiger partial charge in [0.15, 0.2) is 0 Å². The van der Waals surface area contributed by atoms with Crippen LogP contribution >= 0.6 is 11.6 Å². The first-order valence-corrected chi connectivity index (χ1v) is 4.25. The van der Waals surface area contributed by atoms with Gasteiger partial charge in [-0.15, -0.1) is 6.42 Å². The van der Waals surface area contributed by atoms with Crippen LogP contribution in [0.15, 0.2) is 18.2 Å². The van der Waals surface area contributed by atoms with E-state index in [0.717, 1.165) is 16.1 Å². The summed E-state index contributed by atoms with van der Waals surface area (Å²) in [5, 5.41) is 0.764. The highest BCUT2D eigenvalue weighted by Gasteiger charge is 2.05.